The summed E-state index contributed by atoms with van der Waals surface area (Å²) in [7, 11) is 1.98. The van der Waals surface area contributed by atoms with Crippen LogP contribution in [0.5, 0.6) is 0 Å². The summed E-state index contributed by atoms with van der Waals surface area (Å²) in [5, 5.41) is 4.27. The molecule has 0 fully saturated rings. The fraction of sp³-hybridized carbons (Fsp3) is 0.278. The van der Waals surface area contributed by atoms with Crippen molar-refractivity contribution < 1.29 is 4.79 Å². The van der Waals surface area contributed by atoms with E-state index in [1.165, 1.54) is 11.3 Å². The van der Waals surface area contributed by atoms with Crippen molar-refractivity contribution in [2.24, 2.45) is 7.05 Å². The number of nitrogens with zero attached hydrogens (tertiary/aromatic N) is 3. The summed E-state index contributed by atoms with van der Waals surface area (Å²) in [6.45, 7) is 0. The first-order valence-corrected chi connectivity index (χ1v) is 9.34. The van der Waals surface area contributed by atoms with Crippen LogP contribution in [-0.4, -0.2) is 20.4 Å². The van der Waals surface area contributed by atoms with Crippen LogP contribution in [0.2, 0.25) is 5.02 Å². The lowest BCUT2D eigenvalue weighted by atomic mass is 9.89. The Balaban J connectivity index is 1.51. The van der Waals surface area contributed by atoms with Gasteiger partial charge in [-0.05, 0) is 37.0 Å². The van der Waals surface area contributed by atoms with Gasteiger partial charge < -0.3 is 9.88 Å². The molecule has 1 atom stereocenters. The van der Waals surface area contributed by atoms with E-state index in [0.717, 1.165) is 41.1 Å². The molecule has 4 rings (SSSR count). The first kappa shape index (κ1) is 16.3. The van der Waals surface area contributed by atoms with Crippen molar-refractivity contribution in [3.63, 3.8) is 0 Å². The number of carbonyl (C=O) groups is 1. The average molecular weight is 373 g/mol. The molecule has 0 spiro atoms. The molecular formula is C18H17ClN4OS. The lowest BCUT2D eigenvalue weighted by Crippen LogP contribution is -2.25. The second-order valence-electron chi connectivity index (χ2n) is 6.16. The lowest BCUT2D eigenvalue weighted by Gasteiger charge is -2.20. The number of aryl methyl sites for hydroxylation is 1. The van der Waals surface area contributed by atoms with E-state index in [9.17, 15) is 4.79 Å². The Labute approximate surface area is 154 Å². The van der Waals surface area contributed by atoms with E-state index in [0.29, 0.717) is 10.2 Å². The highest BCUT2D eigenvalue weighted by Crippen LogP contribution is 2.33. The first-order valence-electron chi connectivity index (χ1n) is 8.14. The molecule has 7 heteroatoms. The fourth-order valence-corrected chi connectivity index (χ4v) is 4.16. The molecule has 1 N–H and O–H groups in total. The summed E-state index contributed by atoms with van der Waals surface area (Å²) < 4.78 is 2.01. The van der Waals surface area contributed by atoms with Crippen LogP contribution in [0.4, 0.5) is 5.13 Å². The topological polar surface area (TPSA) is 59.8 Å². The number of nitrogens with one attached hydrogen (secondary N) is 1. The molecule has 25 heavy (non-hydrogen) atoms. The second-order valence-corrected chi connectivity index (χ2v) is 7.63. The van der Waals surface area contributed by atoms with Gasteiger partial charge in [-0.15, -0.1) is 0 Å². The number of aromatic nitrogens is 3. The third kappa shape index (κ3) is 3.19. The van der Waals surface area contributed by atoms with Crippen LogP contribution >= 0.6 is 22.9 Å². The Bertz CT molecular complexity index is 916. The Morgan fingerprint density at radius 2 is 2.12 bits per heavy atom. The van der Waals surface area contributed by atoms with Crippen molar-refractivity contribution >= 4 is 34.0 Å². The van der Waals surface area contributed by atoms with Crippen LogP contribution in [0.3, 0.4) is 0 Å². The van der Waals surface area contributed by atoms with Gasteiger partial charge in [0.25, 0.3) is 0 Å². The van der Waals surface area contributed by atoms with Crippen molar-refractivity contribution in [1.29, 1.82) is 0 Å². The third-order valence-electron chi connectivity index (χ3n) is 4.51. The number of benzene rings is 1. The van der Waals surface area contributed by atoms with Crippen molar-refractivity contribution in [2.75, 3.05) is 5.32 Å². The summed E-state index contributed by atoms with van der Waals surface area (Å²) >= 11 is 7.38. The van der Waals surface area contributed by atoms with E-state index >= 15 is 0 Å². The highest BCUT2D eigenvalue weighted by molar-refractivity contribution is 7.19. The van der Waals surface area contributed by atoms with Gasteiger partial charge in [0.1, 0.15) is 0 Å². The molecule has 0 aliphatic heterocycles. The van der Waals surface area contributed by atoms with E-state index in [1.807, 2.05) is 35.9 Å². The monoisotopic (exact) mass is 372 g/mol. The molecule has 0 radical (unpaired) electrons. The van der Waals surface area contributed by atoms with Gasteiger partial charge in [0, 0.05) is 24.0 Å². The van der Waals surface area contributed by atoms with E-state index < -0.39 is 0 Å². The van der Waals surface area contributed by atoms with Gasteiger partial charge in [-0.1, -0.05) is 35.1 Å². The number of hydrogen-bond donors (Lipinski definition) is 1. The highest BCUT2D eigenvalue weighted by Gasteiger charge is 2.30. The number of fused-ring (bicyclic) bond motifs is 1. The Morgan fingerprint density at radius 1 is 1.32 bits per heavy atom. The van der Waals surface area contributed by atoms with Crippen LogP contribution in [0.25, 0.3) is 10.4 Å². The van der Waals surface area contributed by atoms with Gasteiger partial charge >= 0.3 is 0 Å². The zero-order valence-electron chi connectivity index (χ0n) is 13.7. The van der Waals surface area contributed by atoms with Crippen LogP contribution in [0.15, 0.2) is 36.8 Å². The Hall–Kier alpha value is -2.18. The van der Waals surface area contributed by atoms with Gasteiger partial charge in [-0.3, -0.25) is 4.79 Å². The Morgan fingerprint density at radius 3 is 2.92 bits per heavy atom. The van der Waals surface area contributed by atoms with E-state index in [-0.39, 0.29) is 11.8 Å². The summed E-state index contributed by atoms with van der Waals surface area (Å²) in [6, 6.07) is 7.59. The average Bonchev–Trinajstić information content (AvgIpc) is 3.23. The third-order valence-corrected chi connectivity index (χ3v) is 5.72. The summed E-state index contributed by atoms with van der Waals surface area (Å²) in [5.41, 5.74) is 3.10. The van der Waals surface area contributed by atoms with E-state index in [2.05, 4.69) is 15.3 Å². The second kappa shape index (κ2) is 6.61. The molecule has 3 aromatic rings. The van der Waals surface area contributed by atoms with Crippen molar-refractivity contribution in [2.45, 2.75) is 25.2 Å². The van der Waals surface area contributed by atoms with Crippen LogP contribution < -0.4 is 5.32 Å². The fourth-order valence-electron chi connectivity index (χ4n) is 3.21. The maximum absolute atomic E-state index is 12.7. The Kier molecular flexibility index (Phi) is 4.31. The molecule has 128 valence electrons. The number of hydrogen-bond acceptors (Lipinski definition) is 4. The number of thiazole rings is 1. The van der Waals surface area contributed by atoms with Gasteiger partial charge in [0.2, 0.25) is 5.91 Å². The minimum Gasteiger partial charge on any atom is -0.337 e. The van der Waals surface area contributed by atoms with Crippen molar-refractivity contribution in [3.05, 3.63) is 53.2 Å². The van der Waals surface area contributed by atoms with Crippen molar-refractivity contribution in [1.82, 2.24) is 14.5 Å². The SMILES string of the molecule is Cn1cnc2c1CCCC2C(=O)Nc1ncc(-c2ccc(Cl)cc2)s1. The molecule has 0 bridgehead atoms. The molecule has 2 aromatic heterocycles. The molecule has 0 saturated carbocycles. The maximum Gasteiger partial charge on any atom is 0.235 e. The molecule has 1 amide bonds. The standard InChI is InChI=1S/C18H17ClN4OS/c1-23-10-21-16-13(3-2-4-14(16)23)17(24)22-18-20-9-15(25-18)11-5-7-12(19)8-6-11/h5-10,13H,2-4H2,1H3,(H,20,22,24). The predicted octanol–water partition coefficient (Wildman–Crippen LogP) is 4.26. The quantitative estimate of drug-likeness (QED) is 0.747. The molecule has 2 heterocycles. The van der Waals surface area contributed by atoms with E-state index in [4.69, 9.17) is 11.6 Å². The number of anilines is 1. The molecule has 1 aliphatic carbocycles. The summed E-state index contributed by atoms with van der Waals surface area (Å²) in [6.07, 6.45) is 6.37. The zero-order valence-corrected chi connectivity index (χ0v) is 15.3. The molecular weight excluding hydrogens is 356 g/mol. The van der Waals surface area contributed by atoms with Crippen LogP contribution in [0.1, 0.15) is 30.1 Å². The summed E-state index contributed by atoms with van der Waals surface area (Å²) in [5.74, 6) is -0.232. The normalized spacial score (nSPS) is 16.5. The minimum absolute atomic E-state index is 0.0309. The maximum atomic E-state index is 12.7. The highest BCUT2D eigenvalue weighted by atomic mass is 35.5. The van der Waals surface area contributed by atoms with Gasteiger partial charge in [0.15, 0.2) is 5.13 Å². The zero-order chi connectivity index (χ0) is 17.4. The van der Waals surface area contributed by atoms with Crippen LogP contribution in [-0.2, 0) is 18.3 Å². The molecule has 1 unspecified atom stereocenters. The number of rotatable bonds is 3. The summed E-state index contributed by atoms with van der Waals surface area (Å²) in [4.78, 5) is 22.5. The smallest absolute Gasteiger partial charge is 0.235 e. The van der Waals surface area contributed by atoms with Crippen LogP contribution in [0, 0.1) is 0 Å². The lowest BCUT2D eigenvalue weighted by molar-refractivity contribution is -0.118. The van der Waals surface area contributed by atoms with Gasteiger partial charge in [-0.2, -0.15) is 0 Å². The molecule has 0 saturated heterocycles. The number of imidazole rings is 1. The first-order chi connectivity index (χ1) is 12.1. The number of halogens is 1. The number of carbonyl (C=O) groups excluding carboxylic acids is 1. The van der Waals surface area contributed by atoms with Crippen molar-refractivity contribution in [3.8, 4) is 10.4 Å². The minimum atomic E-state index is -0.201. The molecule has 1 aliphatic rings. The predicted molar refractivity (Wildman–Crippen MR) is 100 cm³/mol. The molecule has 5 nitrogen and oxygen atoms in total. The van der Waals surface area contributed by atoms with E-state index in [1.54, 1.807) is 12.5 Å². The van der Waals surface area contributed by atoms with Gasteiger partial charge in [0.05, 0.1) is 22.8 Å². The molecule has 1 aromatic carbocycles. The van der Waals surface area contributed by atoms with Gasteiger partial charge in [-0.25, -0.2) is 9.97 Å². The number of amides is 1. The largest absolute Gasteiger partial charge is 0.337 e.